The topological polar surface area (TPSA) is 53.1 Å². The van der Waals surface area contributed by atoms with E-state index in [1.807, 2.05) is 0 Å². The minimum atomic E-state index is -0.805. The molecule has 1 spiro atoms. The number of amides is 1. The number of likely N-dealkylation sites (tertiary alicyclic amines) is 1. The van der Waals surface area contributed by atoms with Crippen LogP contribution in [-0.4, -0.2) is 41.4 Å². The summed E-state index contributed by atoms with van der Waals surface area (Å²) in [6.45, 7) is 2.10. The number of ether oxygens (including phenoxy) is 1. The number of hydrogen-bond acceptors (Lipinski definition) is 2. The molecule has 2 heterocycles. The van der Waals surface area contributed by atoms with Gasteiger partial charge in [-0.1, -0.05) is 0 Å². The Morgan fingerprint density at radius 1 is 1.20 bits per heavy atom. The Bertz CT molecular complexity index is 185. The predicted octanol–water partition coefficient (Wildman–Crippen LogP) is 1.88. The zero-order chi connectivity index (χ0) is 7.90. The van der Waals surface area contributed by atoms with Crippen LogP contribution >= 0.6 is 0 Å². The molecule has 0 atom stereocenters. The molecule has 0 bridgehead atoms. The van der Waals surface area contributed by atoms with Crippen molar-refractivity contribution in [1.82, 2.24) is 4.90 Å². The molecule has 1 N–H and O–H groups in total. The first-order valence-corrected chi connectivity index (χ1v) is 3.84. The fraction of sp³-hybridized carbons (Fsp3) is 0.600. The molecule has 0 aromatic carbocycles. The van der Waals surface area contributed by atoms with E-state index in [0.29, 0.717) is 13.1 Å². The second kappa shape index (κ2) is 7.81. The predicted molar refractivity (Wildman–Crippen MR) is 56.8 cm³/mol. The van der Waals surface area contributed by atoms with Crippen molar-refractivity contribution in [2.75, 3.05) is 19.7 Å². The number of rotatable bonds is 0. The zero-order valence-electron chi connectivity index (χ0n) is 9.75. The summed E-state index contributed by atoms with van der Waals surface area (Å²) in [6.07, 6.45) is 0.944. The van der Waals surface area contributed by atoms with Gasteiger partial charge in [-0.05, 0) is 12.8 Å². The summed E-state index contributed by atoms with van der Waals surface area (Å²) < 4.78 is 5.25. The number of carbonyl (C=O) groups is 1. The number of hydrogen-bond donors (Lipinski definition) is 1. The van der Waals surface area contributed by atoms with Gasteiger partial charge >= 0.3 is 47.8 Å². The van der Waals surface area contributed by atoms with Crippen molar-refractivity contribution in [2.24, 2.45) is 0 Å². The monoisotopic (exact) mass is 342 g/mol. The van der Waals surface area contributed by atoms with Crippen LogP contribution in [0.4, 0.5) is 4.79 Å². The molecule has 4 nitrogen and oxygen atoms in total. The van der Waals surface area contributed by atoms with E-state index in [-0.39, 0.29) is 69.6 Å². The van der Waals surface area contributed by atoms with E-state index < -0.39 is 6.09 Å². The van der Waals surface area contributed by atoms with Crippen molar-refractivity contribution in [3.8, 4) is 0 Å². The maximum atomic E-state index is 10.5. The molecule has 1 radical (unpaired) electrons. The van der Waals surface area contributed by atoms with Gasteiger partial charge in [0.05, 0.1) is 12.2 Å². The van der Waals surface area contributed by atoms with Crippen molar-refractivity contribution in [3.63, 3.8) is 0 Å². The van der Waals surface area contributed by atoms with Gasteiger partial charge in [-0.15, -0.1) is 0 Å². The smallest absolute Gasteiger partial charge is 0.465 e. The van der Waals surface area contributed by atoms with Crippen molar-refractivity contribution >= 4 is 6.09 Å². The van der Waals surface area contributed by atoms with Crippen LogP contribution in [0.2, 0.25) is 0 Å². The van der Waals surface area contributed by atoms with Crippen molar-refractivity contribution in [1.29, 1.82) is 0 Å². The van der Waals surface area contributed by atoms with Crippen molar-refractivity contribution < 1.29 is 56.4 Å². The van der Waals surface area contributed by atoms with Crippen molar-refractivity contribution in [2.45, 2.75) is 18.4 Å². The minimum Gasteiger partial charge on any atom is -0.465 e. The van der Waals surface area contributed by atoms with E-state index in [1.165, 1.54) is 4.90 Å². The first-order chi connectivity index (χ1) is 5.22. The molecule has 0 unspecified atom stereocenters. The van der Waals surface area contributed by atoms with E-state index in [1.54, 1.807) is 0 Å². The first kappa shape index (κ1) is 21.0. The molecule has 1 amide bonds. The summed E-state index contributed by atoms with van der Waals surface area (Å²) in [7, 11) is 0. The third kappa shape index (κ3) is 4.97. The summed E-state index contributed by atoms with van der Waals surface area (Å²) in [5, 5.41) is 8.61. The van der Waals surface area contributed by atoms with Gasteiger partial charge in [0.15, 0.2) is 0 Å². The quantitative estimate of drug-likeness (QED) is 0.540. The van der Waals surface area contributed by atoms with Crippen LogP contribution in [-0.2, 0) is 4.74 Å². The van der Waals surface area contributed by atoms with E-state index >= 15 is 0 Å². The zero-order valence-corrected chi connectivity index (χ0v) is 12.9. The summed E-state index contributed by atoms with van der Waals surface area (Å²) in [5.41, 5.74) is 0.0892. The minimum absolute atomic E-state index is 0. The first-order valence-electron chi connectivity index (χ1n) is 3.84. The second-order valence-corrected chi connectivity index (χ2v) is 3.24. The molecule has 0 aliphatic carbocycles. The Morgan fingerprint density at radius 2 is 1.60 bits per heavy atom. The van der Waals surface area contributed by atoms with Crippen LogP contribution in [0.25, 0.3) is 0 Å². The molecule has 15 heavy (non-hydrogen) atoms. The Labute approximate surface area is 127 Å². The number of epoxide rings is 1. The Hall–Kier alpha value is 0.607. The fourth-order valence-electron chi connectivity index (χ4n) is 1.50. The molecular formula is C10H20CeNO3. The van der Waals surface area contributed by atoms with E-state index in [2.05, 4.69) is 0 Å². The third-order valence-corrected chi connectivity index (χ3v) is 2.50. The summed E-state index contributed by atoms with van der Waals surface area (Å²) in [6, 6.07) is 0. The normalized spacial score (nSPS) is 19.9. The summed E-state index contributed by atoms with van der Waals surface area (Å²) in [5.74, 6) is 0. The molecule has 5 heteroatoms. The number of carboxylic acid groups (broad SMARTS) is 1. The number of nitrogens with zero attached hydrogens (tertiary/aromatic N) is 1. The van der Waals surface area contributed by atoms with Gasteiger partial charge < -0.3 is 37.0 Å². The van der Waals surface area contributed by atoms with Crippen molar-refractivity contribution in [3.05, 3.63) is 22.3 Å². The van der Waals surface area contributed by atoms with E-state index in [4.69, 9.17) is 9.84 Å². The van der Waals surface area contributed by atoms with Crippen LogP contribution in [0.1, 0.15) is 12.8 Å². The van der Waals surface area contributed by atoms with Crippen LogP contribution in [0.5, 0.6) is 0 Å². The fourth-order valence-corrected chi connectivity index (χ4v) is 1.50. The Morgan fingerprint density at radius 3 is 1.87 bits per heavy atom. The van der Waals surface area contributed by atoms with Crippen LogP contribution in [0.15, 0.2) is 0 Å². The molecule has 87 valence electrons. The number of piperidine rings is 1. The van der Waals surface area contributed by atoms with Crippen LogP contribution in [0, 0.1) is 64.0 Å². The van der Waals surface area contributed by atoms with Crippen LogP contribution < -0.4 is 0 Å². The average molecular weight is 342 g/mol. The largest absolute Gasteiger partial charge is 3.00 e. The third-order valence-electron chi connectivity index (χ3n) is 2.50. The van der Waals surface area contributed by atoms with Gasteiger partial charge in [-0.25, -0.2) is 4.79 Å². The molecular weight excluding hydrogens is 322 g/mol. The molecule has 0 aromatic heterocycles. The molecule has 0 saturated carbocycles. The molecule has 0 aromatic rings. The van der Waals surface area contributed by atoms with E-state index in [0.717, 1.165) is 19.4 Å². The Balaban J connectivity index is -0.000000360. The average Bonchev–Trinajstić information content (AvgIpc) is 2.70. The van der Waals surface area contributed by atoms with E-state index in [9.17, 15) is 4.79 Å². The second-order valence-electron chi connectivity index (χ2n) is 3.24. The van der Waals surface area contributed by atoms with Crippen LogP contribution in [0.3, 0.4) is 0 Å². The maximum Gasteiger partial charge on any atom is 3.00 e. The Kier molecular flexibility index (Phi) is 10.9. The standard InChI is InChI=1S/C7H11NO3.3CH3.Ce/c9-6(10)8-3-1-7(2-4-8)5-11-7;;;;/h1-5H2,(H,9,10);3*1H3;/q;3*-1;+3. The molecule has 2 aliphatic rings. The van der Waals surface area contributed by atoms with Gasteiger partial charge in [-0.3, -0.25) is 0 Å². The van der Waals surface area contributed by atoms with Gasteiger partial charge in [0.1, 0.15) is 0 Å². The molecule has 2 saturated heterocycles. The molecule has 2 fully saturated rings. The van der Waals surface area contributed by atoms with Gasteiger partial charge in [0.25, 0.3) is 0 Å². The SMILES string of the molecule is O=C(O)N1CCC2(CC1)CO2.[CH3-].[CH3-].[CH3-].[Ce+3]. The molecule has 2 rings (SSSR count). The van der Waals surface area contributed by atoms with Gasteiger partial charge in [0, 0.05) is 13.1 Å². The molecule has 2 aliphatic heterocycles. The van der Waals surface area contributed by atoms with Gasteiger partial charge in [-0.2, -0.15) is 0 Å². The maximum absolute atomic E-state index is 10.5. The van der Waals surface area contributed by atoms with Gasteiger partial charge in [0.2, 0.25) is 0 Å². The summed E-state index contributed by atoms with van der Waals surface area (Å²) >= 11 is 0. The summed E-state index contributed by atoms with van der Waals surface area (Å²) in [4.78, 5) is 11.9.